The summed E-state index contributed by atoms with van der Waals surface area (Å²) in [5, 5.41) is 0.581. The third-order valence-corrected chi connectivity index (χ3v) is 6.22. The molecule has 0 N–H and O–H groups in total. The number of rotatable bonds is 3. The largest absolute Gasteiger partial charge is 0.317 e. The van der Waals surface area contributed by atoms with Crippen LogP contribution in [0.25, 0.3) is 0 Å². The maximum absolute atomic E-state index is 13.7. The van der Waals surface area contributed by atoms with E-state index in [4.69, 9.17) is 23.2 Å². The van der Waals surface area contributed by atoms with Crippen molar-refractivity contribution in [2.75, 3.05) is 4.90 Å². The van der Waals surface area contributed by atoms with Crippen molar-refractivity contribution in [1.29, 1.82) is 0 Å². The van der Waals surface area contributed by atoms with Gasteiger partial charge in [-0.3, -0.25) is 9.69 Å². The summed E-state index contributed by atoms with van der Waals surface area (Å²) < 4.78 is 16.5. The number of carbonyl (C=O) groups excluding carboxylic acids is 1. The van der Waals surface area contributed by atoms with Gasteiger partial charge in [-0.25, -0.2) is 9.37 Å². The summed E-state index contributed by atoms with van der Waals surface area (Å²) in [6.45, 7) is 0. The molecule has 1 aliphatic heterocycles. The van der Waals surface area contributed by atoms with Crippen LogP contribution in [0.15, 0.2) is 47.2 Å². The Morgan fingerprint density at radius 2 is 1.82 bits per heavy atom. The van der Waals surface area contributed by atoms with E-state index in [1.54, 1.807) is 23.1 Å². The average Bonchev–Trinajstić information content (AvgIpc) is 3.39. The van der Waals surface area contributed by atoms with Crippen LogP contribution in [0.1, 0.15) is 46.7 Å². The predicted octanol–water partition coefficient (Wildman–Crippen LogP) is 6.18. The summed E-state index contributed by atoms with van der Waals surface area (Å²) in [6, 6.07) is 11.6. The third kappa shape index (κ3) is 2.78. The SMILES string of the molecule is O=C1c2nc(Br)n(C3CC3)c2C(c2ccc(Cl)cc2)N1c1ccc(F)c(Cl)c1. The molecule has 1 unspecified atom stereocenters. The summed E-state index contributed by atoms with van der Waals surface area (Å²) in [5.74, 6) is -0.765. The Morgan fingerprint density at radius 1 is 1.11 bits per heavy atom. The molecule has 1 saturated carbocycles. The number of aromatic nitrogens is 2. The van der Waals surface area contributed by atoms with Gasteiger partial charge in [-0.15, -0.1) is 0 Å². The first kappa shape index (κ1) is 18.2. The number of halogens is 4. The quantitative estimate of drug-likeness (QED) is 0.449. The van der Waals surface area contributed by atoms with Gasteiger partial charge < -0.3 is 4.57 Å². The first-order valence-electron chi connectivity index (χ1n) is 8.77. The molecule has 8 heteroatoms. The average molecular weight is 481 g/mol. The number of benzene rings is 2. The molecular weight excluding hydrogens is 468 g/mol. The number of carbonyl (C=O) groups is 1. The van der Waals surface area contributed by atoms with Crippen molar-refractivity contribution < 1.29 is 9.18 Å². The molecule has 5 rings (SSSR count). The van der Waals surface area contributed by atoms with Gasteiger partial charge in [-0.05, 0) is 64.7 Å². The summed E-state index contributed by atoms with van der Waals surface area (Å²) in [4.78, 5) is 19.4. The number of amides is 1. The van der Waals surface area contributed by atoms with Gasteiger partial charge in [0, 0.05) is 16.8 Å². The van der Waals surface area contributed by atoms with Crippen molar-refractivity contribution in [2.24, 2.45) is 0 Å². The van der Waals surface area contributed by atoms with E-state index in [9.17, 15) is 9.18 Å². The van der Waals surface area contributed by atoms with Crippen LogP contribution >= 0.6 is 39.1 Å². The topological polar surface area (TPSA) is 38.1 Å². The molecule has 0 radical (unpaired) electrons. The van der Waals surface area contributed by atoms with Gasteiger partial charge in [0.25, 0.3) is 5.91 Å². The van der Waals surface area contributed by atoms with E-state index < -0.39 is 11.9 Å². The molecule has 2 heterocycles. The number of nitrogens with zero attached hydrogens (tertiary/aromatic N) is 3. The highest BCUT2D eigenvalue weighted by Gasteiger charge is 2.46. The molecule has 3 aromatic rings. The van der Waals surface area contributed by atoms with E-state index in [1.165, 1.54) is 12.1 Å². The number of fused-ring (bicyclic) bond motifs is 1. The van der Waals surface area contributed by atoms with E-state index in [1.807, 2.05) is 12.1 Å². The molecule has 0 saturated heterocycles. The molecule has 2 aromatic carbocycles. The Labute approximate surface area is 179 Å². The van der Waals surface area contributed by atoms with Crippen molar-refractivity contribution >= 4 is 50.7 Å². The molecule has 1 aliphatic carbocycles. The maximum Gasteiger partial charge on any atom is 0.279 e. The molecular formula is C20H13BrCl2FN3O. The standard InChI is InChI=1S/C20H13BrCl2FN3O/c21-20-25-16-18(27(20)12-5-6-12)17(10-1-3-11(22)4-2-10)26(19(16)28)13-7-8-15(24)14(23)9-13/h1-4,7-9,12,17H,5-6H2. The lowest BCUT2D eigenvalue weighted by Gasteiger charge is -2.27. The lowest BCUT2D eigenvalue weighted by atomic mass is 10.0. The van der Waals surface area contributed by atoms with Crippen molar-refractivity contribution in [1.82, 2.24) is 9.55 Å². The molecule has 2 aliphatic rings. The molecule has 0 spiro atoms. The molecule has 28 heavy (non-hydrogen) atoms. The first-order valence-corrected chi connectivity index (χ1v) is 10.3. The van der Waals surface area contributed by atoms with Crippen molar-refractivity contribution in [3.05, 3.63) is 80.0 Å². The second kappa shape index (κ2) is 6.58. The van der Waals surface area contributed by atoms with Crippen molar-refractivity contribution in [3.8, 4) is 0 Å². The highest BCUT2D eigenvalue weighted by molar-refractivity contribution is 9.10. The van der Waals surface area contributed by atoms with Gasteiger partial charge in [0.2, 0.25) is 0 Å². The monoisotopic (exact) mass is 479 g/mol. The Morgan fingerprint density at radius 3 is 2.46 bits per heavy atom. The highest BCUT2D eigenvalue weighted by atomic mass is 79.9. The van der Waals surface area contributed by atoms with E-state index >= 15 is 0 Å². The van der Waals surface area contributed by atoms with Gasteiger partial charge >= 0.3 is 0 Å². The van der Waals surface area contributed by atoms with Crippen LogP contribution in [-0.4, -0.2) is 15.5 Å². The minimum atomic E-state index is -0.527. The molecule has 0 bridgehead atoms. The molecule has 1 amide bonds. The maximum atomic E-state index is 13.7. The van der Waals surface area contributed by atoms with E-state index in [0.29, 0.717) is 27.2 Å². The second-order valence-electron chi connectivity index (χ2n) is 6.94. The van der Waals surface area contributed by atoms with Crippen LogP contribution in [-0.2, 0) is 0 Å². The van der Waals surface area contributed by atoms with Gasteiger partial charge in [-0.1, -0.05) is 35.3 Å². The Kier molecular flexibility index (Phi) is 4.27. The van der Waals surface area contributed by atoms with Crippen LogP contribution in [0.5, 0.6) is 0 Å². The minimum Gasteiger partial charge on any atom is -0.317 e. The van der Waals surface area contributed by atoms with Crippen LogP contribution in [0.4, 0.5) is 10.1 Å². The zero-order valence-electron chi connectivity index (χ0n) is 14.4. The minimum absolute atomic E-state index is 0.0315. The highest BCUT2D eigenvalue weighted by Crippen LogP contribution is 2.48. The summed E-state index contributed by atoms with van der Waals surface area (Å²) >= 11 is 15.6. The Bertz CT molecular complexity index is 1110. The lowest BCUT2D eigenvalue weighted by molar-refractivity contribution is 0.0989. The van der Waals surface area contributed by atoms with Crippen LogP contribution < -0.4 is 4.90 Å². The molecule has 4 nitrogen and oxygen atoms in total. The number of hydrogen-bond donors (Lipinski definition) is 0. The number of hydrogen-bond acceptors (Lipinski definition) is 2. The van der Waals surface area contributed by atoms with E-state index in [0.717, 1.165) is 24.1 Å². The zero-order chi connectivity index (χ0) is 19.6. The molecule has 1 atom stereocenters. The fraction of sp³-hybridized carbons (Fsp3) is 0.200. The van der Waals surface area contributed by atoms with Crippen LogP contribution in [0.3, 0.4) is 0 Å². The normalized spacial score (nSPS) is 18.6. The van der Waals surface area contributed by atoms with E-state index in [2.05, 4.69) is 25.5 Å². The van der Waals surface area contributed by atoms with Crippen LogP contribution in [0, 0.1) is 5.82 Å². The summed E-state index contributed by atoms with van der Waals surface area (Å²) in [7, 11) is 0. The van der Waals surface area contributed by atoms with E-state index in [-0.39, 0.29) is 10.9 Å². The first-order chi connectivity index (χ1) is 13.5. The number of imidazole rings is 1. The van der Waals surface area contributed by atoms with Gasteiger partial charge in [0.05, 0.1) is 10.7 Å². The molecule has 142 valence electrons. The van der Waals surface area contributed by atoms with Gasteiger partial charge in [0.1, 0.15) is 11.9 Å². The fourth-order valence-corrected chi connectivity index (χ4v) is 4.68. The summed E-state index contributed by atoms with van der Waals surface area (Å²) in [5.41, 5.74) is 2.65. The predicted molar refractivity (Wildman–Crippen MR) is 110 cm³/mol. The number of anilines is 1. The third-order valence-electron chi connectivity index (χ3n) is 5.12. The Hall–Kier alpha value is -1.89. The fourth-order valence-electron chi connectivity index (χ4n) is 3.72. The molecule has 1 fully saturated rings. The smallest absolute Gasteiger partial charge is 0.279 e. The van der Waals surface area contributed by atoms with Crippen molar-refractivity contribution in [2.45, 2.75) is 24.9 Å². The van der Waals surface area contributed by atoms with Crippen LogP contribution in [0.2, 0.25) is 10.0 Å². The second-order valence-corrected chi connectivity index (χ2v) is 8.50. The Balaban J connectivity index is 1.72. The lowest BCUT2D eigenvalue weighted by Crippen LogP contribution is -2.30. The van der Waals surface area contributed by atoms with Crippen molar-refractivity contribution in [3.63, 3.8) is 0 Å². The van der Waals surface area contributed by atoms with Gasteiger partial charge in [-0.2, -0.15) is 0 Å². The zero-order valence-corrected chi connectivity index (χ0v) is 17.5. The summed E-state index contributed by atoms with van der Waals surface area (Å²) in [6.07, 6.45) is 2.09. The van der Waals surface area contributed by atoms with Gasteiger partial charge in [0.15, 0.2) is 10.4 Å². The molecule has 1 aromatic heterocycles.